The van der Waals surface area contributed by atoms with Crippen molar-refractivity contribution in [1.29, 1.82) is 0 Å². The lowest BCUT2D eigenvalue weighted by atomic mass is 10.1. The van der Waals surface area contributed by atoms with Crippen LogP contribution in [0.4, 0.5) is 5.95 Å². The van der Waals surface area contributed by atoms with Crippen molar-refractivity contribution in [3.63, 3.8) is 0 Å². The standard InChI is InChI=1S/C9H12O3S.C4H6N4/c1-6-4-7(2)9(8(3)5-6)13-12-11-10;5-4-7-2-1-3-8(4)6/h4-5,10H,1-3H3;1-3,5H,6H2. The first-order chi connectivity index (χ1) is 9.95. The molecule has 0 saturated carbocycles. The van der Waals surface area contributed by atoms with Crippen LogP contribution in [-0.4, -0.2) is 4.98 Å². The third-order valence-corrected chi connectivity index (χ3v) is 3.49. The SMILES string of the molecule is Cc1cc(C)c(SOO[O-])c(C)c1.Nc1nccc[n+]1N. The molecule has 0 aliphatic rings. The molecule has 21 heavy (non-hydrogen) atoms. The highest BCUT2D eigenvalue weighted by Gasteiger charge is 2.04. The summed E-state index contributed by atoms with van der Waals surface area (Å²) in [5, 5.41) is 12.9. The lowest BCUT2D eigenvalue weighted by Crippen LogP contribution is -2.47. The molecule has 4 N–H and O–H groups in total. The zero-order chi connectivity index (χ0) is 15.8. The monoisotopic (exact) mass is 310 g/mol. The maximum Gasteiger partial charge on any atom is 0.410 e. The number of nitrogens with two attached hydrogens (primary N) is 2. The van der Waals surface area contributed by atoms with Crippen LogP contribution in [0, 0.1) is 20.8 Å². The lowest BCUT2D eigenvalue weighted by Gasteiger charge is -2.10. The second kappa shape index (κ2) is 8.42. The van der Waals surface area contributed by atoms with Gasteiger partial charge >= 0.3 is 5.95 Å². The van der Waals surface area contributed by atoms with Gasteiger partial charge in [-0.05, 0) is 31.9 Å². The number of benzene rings is 1. The van der Waals surface area contributed by atoms with Crippen LogP contribution in [0.3, 0.4) is 0 Å². The Labute approximate surface area is 127 Å². The Kier molecular flexibility index (Phi) is 6.89. The van der Waals surface area contributed by atoms with Gasteiger partial charge in [-0.15, -0.1) is 4.68 Å². The predicted molar refractivity (Wildman–Crippen MR) is 77.7 cm³/mol. The molecule has 0 radical (unpaired) electrons. The summed E-state index contributed by atoms with van der Waals surface area (Å²) in [5.41, 5.74) is 8.61. The Morgan fingerprint density at radius 3 is 2.29 bits per heavy atom. The highest BCUT2D eigenvalue weighted by Crippen LogP contribution is 2.27. The average molecular weight is 310 g/mol. The van der Waals surface area contributed by atoms with Crippen molar-refractivity contribution >= 4 is 18.0 Å². The van der Waals surface area contributed by atoms with Gasteiger partial charge in [0.25, 0.3) is 0 Å². The van der Waals surface area contributed by atoms with Crippen LogP contribution in [0.1, 0.15) is 16.7 Å². The van der Waals surface area contributed by atoms with Crippen LogP contribution in [0.25, 0.3) is 0 Å². The summed E-state index contributed by atoms with van der Waals surface area (Å²) in [6, 6.07) is 5.77. The summed E-state index contributed by atoms with van der Waals surface area (Å²) >= 11 is 0.948. The topological polar surface area (TPSA) is 110 Å². The number of rotatable bonds is 3. The van der Waals surface area contributed by atoms with E-state index in [0.717, 1.165) is 28.1 Å². The quantitative estimate of drug-likeness (QED) is 0.279. The maximum absolute atomic E-state index is 9.65. The molecular formula is C13H18N4O3S. The van der Waals surface area contributed by atoms with Gasteiger partial charge in [0, 0.05) is 11.0 Å². The zero-order valence-corrected chi connectivity index (χ0v) is 12.9. The summed E-state index contributed by atoms with van der Waals surface area (Å²) in [6.45, 7) is 5.96. The normalized spacial score (nSPS) is 9.90. The first-order valence-electron chi connectivity index (χ1n) is 6.04. The molecule has 0 fully saturated rings. The predicted octanol–water partition coefficient (Wildman–Crippen LogP) is 0.508. The summed E-state index contributed by atoms with van der Waals surface area (Å²) in [7, 11) is 0. The third kappa shape index (κ3) is 5.56. The second-order valence-corrected chi connectivity index (χ2v) is 5.04. The van der Waals surface area contributed by atoms with E-state index in [4.69, 9.17) is 11.6 Å². The Bertz CT molecular complexity index is 551. The first kappa shape index (κ1) is 17.2. The molecule has 2 rings (SSSR count). The molecule has 0 saturated heterocycles. The molecule has 0 unspecified atom stereocenters. The van der Waals surface area contributed by atoms with Gasteiger partial charge in [0.15, 0.2) is 0 Å². The molecule has 2 aromatic rings. The van der Waals surface area contributed by atoms with Crippen LogP contribution in [0.15, 0.2) is 35.5 Å². The highest BCUT2D eigenvalue weighted by molar-refractivity contribution is 7.94. The van der Waals surface area contributed by atoms with Gasteiger partial charge in [-0.25, -0.2) is 0 Å². The molecular weight excluding hydrogens is 292 g/mol. The molecule has 0 bridgehead atoms. The largest absolute Gasteiger partial charge is 0.691 e. The van der Waals surface area contributed by atoms with E-state index in [0.29, 0.717) is 5.95 Å². The molecule has 0 aliphatic heterocycles. The third-order valence-electron chi connectivity index (χ3n) is 2.55. The van der Waals surface area contributed by atoms with Crippen molar-refractivity contribution in [2.24, 2.45) is 0 Å². The van der Waals surface area contributed by atoms with Crippen molar-refractivity contribution < 1.29 is 19.3 Å². The molecule has 8 heteroatoms. The molecule has 1 aromatic carbocycles. The van der Waals surface area contributed by atoms with Crippen molar-refractivity contribution in [1.82, 2.24) is 4.98 Å². The Morgan fingerprint density at radius 1 is 1.24 bits per heavy atom. The van der Waals surface area contributed by atoms with E-state index in [2.05, 4.69) is 14.4 Å². The van der Waals surface area contributed by atoms with Crippen LogP contribution >= 0.6 is 12.0 Å². The Morgan fingerprint density at radius 2 is 1.86 bits per heavy atom. The smallest absolute Gasteiger partial charge is 0.410 e. The number of hydrogen-bond donors (Lipinski definition) is 2. The molecule has 0 aliphatic carbocycles. The number of nitrogen functional groups attached to an aromatic ring is 2. The van der Waals surface area contributed by atoms with Crippen molar-refractivity contribution in [2.75, 3.05) is 11.6 Å². The van der Waals surface area contributed by atoms with Crippen LogP contribution < -0.4 is 21.5 Å². The van der Waals surface area contributed by atoms with Gasteiger partial charge in [0.05, 0.1) is 18.2 Å². The van der Waals surface area contributed by atoms with Gasteiger partial charge in [-0.1, -0.05) is 22.7 Å². The summed E-state index contributed by atoms with van der Waals surface area (Å²) in [4.78, 5) is 4.63. The number of nitrogens with zero attached hydrogens (tertiary/aromatic N) is 2. The molecule has 0 amide bonds. The first-order valence-corrected chi connectivity index (χ1v) is 6.78. The lowest BCUT2D eigenvalue weighted by molar-refractivity contribution is -0.777. The van der Waals surface area contributed by atoms with E-state index in [1.54, 1.807) is 18.5 Å². The average Bonchev–Trinajstić information content (AvgIpc) is 2.42. The fourth-order valence-electron chi connectivity index (χ4n) is 1.74. The van der Waals surface area contributed by atoms with E-state index in [1.165, 1.54) is 10.2 Å². The van der Waals surface area contributed by atoms with E-state index in [9.17, 15) is 5.26 Å². The number of aromatic nitrogens is 2. The maximum atomic E-state index is 9.65. The van der Waals surface area contributed by atoms with Crippen LogP contribution in [0.5, 0.6) is 0 Å². The van der Waals surface area contributed by atoms with Gasteiger partial charge < -0.3 is 5.26 Å². The summed E-state index contributed by atoms with van der Waals surface area (Å²) in [6.07, 6.45) is 3.21. The van der Waals surface area contributed by atoms with Crippen LogP contribution in [0.2, 0.25) is 0 Å². The second-order valence-electron chi connectivity index (χ2n) is 4.33. The fourth-order valence-corrected chi connectivity index (χ4v) is 2.22. The minimum atomic E-state index is 0.313. The van der Waals surface area contributed by atoms with E-state index < -0.39 is 0 Å². The van der Waals surface area contributed by atoms with Crippen molar-refractivity contribution in [3.8, 4) is 0 Å². The van der Waals surface area contributed by atoms with Crippen molar-refractivity contribution in [2.45, 2.75) is 25.7 Å². The molecule has 0 atom stereocenters. The number of anilines is 1. The minimum absolute atomic E-state index is 0.313. The van der Waals surface area contributed by atoms with Crippen molar-refractivity contribution in [3.05, 3.63) is 47.3 Å². The molecule has 1 aromatic heterocycles. The molecule has 114 valence electrons. The van der Waals surface area contributed by atoms with Gasteiger partial charge in [0.1, 0.15) is 6.20 Å². The molecule has 0 spiro atoms. The van der Waals surface area contributed by atoms with E-state index >= 15 is 0 Å². The fraction of sp³-hybridized carbons (Fsp3) is 0.231. The van der Waals surface area contributed by atoms with Gasteiger partial charge in [-0.2, -0.15) is 4.33 Å². The van der Waals surface area contributed by atoms with E-state index in [-0.39, 0.29) is 0 Å². The van der Waals surface area contributed by atoms with Gasteiger partial charge in [-0.3, -0.25) is 16.6 Å². The summed E-state index contributed by atoms with van der Waals surface area (Å²) < 4.78 is 5.53. The molecule has 1 heterocycles. The van der Waals surface area contributed by atoms with Crippen LogP contribution in [-0.2, 0) is 9.37 Å². The Hall–Kier alpha value is -1.87. The Balaban J connectivity index is 0.000000235. The van der Waals surface area contributed by atoms with Gasteiger partial charge in [0.2, 0.25) is 0 Å². The number of hydrogen-bond acceptors (Lipinski definition) is 7. The minimum Gasteiger partial charge on any atom is -0.691 e. The molecule has 7 nitrogen and oxygen atoms in total. The van der Waals surface area contributed by atoms with E-state index in [1.807, 2.05) is 32.9 Å². The summed E-state index contributed by atoms with van der Waals surface area (Å²) in [5.74, 6) is 5.56. The number of aryl methyl sites for hydroxylation is 3. The highest BCUT2D eigenvalue weighted by atomic mass is 32.2. The zero-order valence-electron chi connectivity index (χ0n) is 12.1.